The lowest BCUT2D eigenvalue weighted by Gasteiger charge is -2.12. The van der Waals surface area contributed by atoms with Crippen LogP contribution in [0.25, 0.3) is 6.08 Å². The van der Waals surface area contributed by atoms with Crippen molar-refractivity contribution in [1.82, 2.24) is 0 Å². The molecule has 2 aromatic carbocycles. The Hall–Kier alpha value is -3.48. The van der Waals surface area contributed by atoms with Crippen molar-refractivity contribution in [3.63, 3.8) is 0 Å². The number of para-hydroxylation sites is 1. The van der Waals surface area contributed by atoms with Crippen molar-refractivity contribution in [2.24, 2.45) is 0 Å². The summed E-state index contributed by atoms with van der Waals surface area (Å²) in [5.74, 6) is -1.24. The van der Waals surface area contributed by atoms with E-state index in [-0.39, 0.29) is 11.3 Å². The van der Waals surface area contributed by atoms with E-state index in [0.717, 1.165) is 11.6 Å². The Labute approximate surface area is 150 Å². The topological polar surface area (TPSA) is 98.5 Å². The van der Waals surface area contributed by atoms with Gasteiger partial charge in [0.1, 0.15) is 0 Å². The molecule has 0 radical (unpaired) electrons. The number of hydrogen-bond donors (Lipinski definition) is 1. The average Bonchev–Trinajstić information content (AvgIpc) is 2.60. The maximum Gasteiger partial charge on any atom is 0.331 e. The number of ether oxygens (including phenoxy) is 1. The molecule has 134 valence electrons. The molecule has 1 atom stereocenters. The first kappa shape index (κ1) is 18.9. The number of aryl methyl sites for hydroxylation is 1. The lowest BCUT2D eigenvalue weighted by atomic mass is 10.1. The van der Waals surface area contributed by atoms with E-state index in [1.165, 1.54) is 31.2 Å². The zero-order valence-corrected chi connectivity index (χ0v) is 14.3. The number of amides is 1. The van der Waals surface area contributed by atoms with Crippen LogP contribution in [0.2, 0.25) is 0 Å². The lowest BCUT2D eigenvalue weighted by molar-refractivity contribution is -0.385. The van der Waals surface area contributed by atoms with Gasteiger partial charge in [-0.1, -0.05) is 24.3 Å². The molecule has 0 aromatic heterocycles. The monoisotopic (exact) mass is 354 g/mol. The van der Waals surface area contributed by atoms with E-state index in [2.05, 4.69) is 5.32 Å². The zero-order chi connectivity index (χ0) is 19.1. The first-order valence-corrected chi connectivity index (χ1v) is 7.86. The first-order valence-electron chi connectivity index (χ1n) is 7.86. The summed E-state index contributed by atoms with van der Waals surface area (Å²) in [5.41, 5.74) is 1.74. The second-order valence-corrected chi connectivity index (χ2v) is 5.59. The molecule has 7 heteroatoms. The normalized spacial score (nSPS) is 11.8. The maximum absolute atomic E-state index is 12.1. The van der Waals surface area contributed by atoms with Gasteiger partial charge in [-0.25, -0.2) is 4.79 Å². The van der Waals surface area contributed by atoms with Gasteiger partial charge in [0.2, 0.25) is 0 Å². The molecule has 1 N–H and O–H groups in total. The van der Waals surface area contributed by atoms with Crippen molar-refractivity contribution in [1.29, 1.82) is 0 Å². The second-order valence-electron chi connectivity index (χ2n) is 5.59. The third kappa shape index (κ3) is 5.27. The number of esters is 1. The molecule has 0 aliphatic rings. The van der Waals surface area contributed by atoms with Gasteiger partial charge < -0.3 is 10.1 Å². The Morgan fingerprint density at radius 2 is 1.92 bits per heavy atom. The van der Waals surface area contributed by atoms with E-state index in [9.17, 15) is 19.7 Å². The van der Waals surface area contributed by atoms with E-state index >= 15 is 0 Å². The molecule has 0 fully saturated rings. The van der Waals surface area contributed by atoms with Gasteiger partial charge in [-0.2, -0.15) is 0 Å². The molecule has 7 nitrogen and oxygen atoms in total. The fraction of sp³-hybridized carbons (Fsp3) is 0.158. The summed E-state index contributed by atoms with van der Waals surface area (Å²) in [6.07, 6.45) is 1.32. The Balaban J connectivity index is 1.96. The van der Waals surface area contributed by atoms with Gasteiger partial charge in [-0.3, -0.25) is 14.9 Å². The standard InChI is InChI=1S/C19H18N2O5/c1-13-6-5-8-16(12-13)20-19(23)14(2)26-18(22)11-10-15-7-3-4-9-17(15)21(24)25/h3-12,14H,1-2H3,(H,20,23)/b11-10+/t14-/m1/s1. The minimum absolute atomic E-state index is 0.123. The molecule has 1 amide bonds. The van der Waals surface area contributed by atoms with Gasteiger partial charge >= 0.3 is 5.97 Å². The van der Waals surface area contributed by atoms with Crippen LogP contribution >= 0.6 is 0 Å². The SMILES string of the molecule is Cc1cccc(NC(=O)[C@@H](C)OC(=O)/C=C/c2ccccc2[N+](=O)[O-])c1. The van der Waals surface area contributed by atoms with E-state index < -0.39 is 22.9 Å². The van der Waals surface area contributed by atoms with Crippen LogP contribution in [0.5, 0.6) is 0 Å². The molecule has 26 heavy (non-hydrogen) atoms. The molecule has 0 unspecified atom stereocenters. The molecular formula is C19H18N2O5. The molecule has 0 bridgehead atoms. The van der Waals surface area contributed by atoms with Gasteiger partial charge in [-0.05, 0) is 43.7 Å². The van der Waals surface area contributed by atoms with E-state index in [1.54, 1.807) is 24.3 Å². The summed E-state index contributed by atoms with van der Waals surface area (Å²) < 4.78 is 5.03. The smallest absolute Gasteiger partial charge is 0.331 e. The number of nitrogens with one attached hydrogen (secondary N) is 1. The Bertz CT molecular complexity index is 861. The number of rotatable bonds is 6. The summed E-state index contributed by atoms with van der Waals surface area (Å²) >= 11 is 0. The van der Waals surface area contributed by atoms with E-state index in [0.29, 0.717) is 5.69 Å². The van der Waals surface area contributed by atoms with Crippen LogP contribution in [0.4, 0.5) is 11.4 Å². The molecule has 0 saturated heterocycles. The van der Waals surface area contributed by atoms with Gasteiger partial charge in [0.05, 0.1) is 10.5 Å². The van der Waals surface area contributed by atoms with Crippen molar-refractivity contribution >= 4 is 29.3 Å². The molecule has 2 rings (SSSR count). The molecule has 0 aliphatic heterocycles. The van der Waals surface area contributed by atoms with Crippen molar-refractivity contribution in [2.75, 3.05) is 5.32 Å². The fourth-order valence-corrected chi connectivity index (χ4v) is 2.19. The number of carbonyl (C=O) groups excluding carboxylic acids is 2. The number of nitro benzene ring substituents is 1. The predicted molar refractivity (Wildman–Crippen MR) is 97.5 cm³/mol. The predicted octanol–water partition coefficient (Wildman–Crippen LogP) is 3.49. The summed E-state index contributed by atoms with van der Waals surface area (Å²) in [6, 6.07) is 13.2. The number of hydrogen-bond acceptors (Lipinski definition) is 5. The van der Waals surface area contributed by atoms with Crippen molar-refractivity contribution in [3.05, 3.63) is 75.8 Å². The molecule has 0 aliphatic carbocycles. The highest BCUT2D eigenvalue weighted by atomic mass is 16.6. The first-order chi connectivity index (χ1) is 12.4. The van der Waals surface area contributed by atoms with Crippen LogP contribution in [-0.2, 0) is 14.3 Å². The van der Waals surface area contributed by atoms with Gasteiger partial charge in [0, 0.05) is 17.8 Å². The summed E-state index contributed by atoms with van der Waals surface area (Å²) in [6.45, 7) is 3.34. The minimum Gasteiger partial charge on any atom is -0.449 e. The molecule has 0 heterocycles. The molecule has 2 aromatic rings. The molecule has 0 spiro atoms. The summed E-state index contributed by atoms with van der Waals surface area (Å²) in [4.78, 5) is 34.3. The highest BCUT2D eigenvalue weighted by Crippen LogP contribution is 2.19. The van der Waals surface area contributed by atoms with Crippen LogP contribution in [0, 0.1) is 17.0 Å². The van der Waals surface area contributed by atoms with Crippen molar-refractivity contribution in [2.45, 2.75) is 20.0 Å². The minimum atomic E-state index is -1.02. The van der Waals surface area contributed by atoms with E-state index in [1.807, 2.05) is 13.0 Å². The highest BCUT2D eigenvalue weighted by Gasteiger charge is 2.17. The summed E-state index contributed by atoms with van der Waals surface area (Å²) in [7, 11) is 0. The van der Waals surface area contributed by atoms with Crippen LogP contribution in [0.15, 0.2) is 54.6 Å². The van der Waals surface area contributed by atoms with Crippen LogP contribution in [0.3, 0.4) is 0 Å². The average molecular weight is 354 g/mol. The van der Waals surface area contributed by atoms with E-state index in [4.69, 9.17) is 4.74 Å². The lowest BCUT2D eigenvalue weighted by Crippen LogP contribution is -2.29. The largest absolute Gasteiger partial charge is 0.449 e. The number of nitro groups is 1. The van der Waals surface area contributed by atoms with Crippen molar-refractivity contribution < 1.29 is 19.2 Å². The number of nitrogens with zero attached hydrogens (tertiary/aromatic N) is 1. The molecular weight excluding hydrogens is 336 g/mol. The number of carbonyl (C=O) groups is 2. The maximum atomic E-state index is 12.1. The van der Waals surface area contributed by atoms with Gasteiger partial charge in [-0.15, -0.1) is 0 Å². The van der Waals surface area contributed by atoms with Gasteiger partial charge in [0.25, 0.3) is 11.6 Å². The van der Waals surface area contributed by atoms with Crippen LogP contribution in [0.1, 0.15) is 18.1 Å². The third-order valence-electron chi connectivity index (χ3n) is 3.48. The fourth-order valence-electron chi connectivity index (χ4n) is 2.19. The Morgan fingerprint density at radius 3 is 2.62 bits per heavy atom. The highest BCUT2D eigenvalue weighted by molar-refractivity contribution is 5.96. The van der Waals surface area contributed by atoms with Gasteiger partial charge in [0.15, 0.2) is 6.10 Å². The van der Waals surface area contributed by atoms with Crippen LogP contribution < -0.4 is 5.32 Å². The Kier molecular flexibility index (Phi) is 6.21. The molecule has 0 saturated carbocycles. The number of benzene rings is 2. The summed E-state index contributed by atoms with van der Waals surface area (Å²) in [5, 5.41) is 13.6. The second kappa shape index (κ2) is 8.57. The number of anilines is 1. The van der Waals surface area contributed by atoms with Crippen molar-refractivity contribution in [3.8, 4) is 0 Å². The zero-order valence-electron chi connectivity index (χ0n) is 14.3. The quantitative estimate of drug-likeness (QED) is 0.370. The Morgan fingerprint density at radius 1 is 1.19 bits per heavy atom. The van der Waals surface area contributed by atoms with Crippen LogP contribution in [-0.4, -0.2) is 22.9 Å². The third-order valence-corrected chi connectivity index (χ3v) is 3.48.